The largest absolute Gasteiger partial charge is 0.508 e. The van der Waals surface area contributed by atoms with Crippen molar-refractivity contribution >= 4 is 39.9 Å². The van der Waals surface area contributed by atoms with E-state index in [-0.39, 0.29) is 27.1 Å². The number of carbonyl (C=O) groups is 3. The molecule has 1 unspecified atom stereocenters. The number of aromatic nitrogens is 1. The molecule has 2 N–H and O–H groups in total. The van der Waals surface area contributed by atoms with E-state index >= 15 is 0 Å². The monoisotopic (exact) mass is 522 g/mol. The van der Waals surface area contributed by atoms with E-state index in [1.807, 2.05) is 0 Å². The summed E-state index contributed by atoms with van der Waals surface area (Å²) in [5, 5.41) is 21.1. The van der Waals surface area contributed by atoms with Gasteiger partial charge in [0.2, 0.25) is 0 Å². The van der Waals surface area contributed by atoms with Crippen molar-refractivity contribution in [1.29, 1.82) is 0 Å². The Morgan fingerprint density at radius 2 is 1.78 bits per heavy atom. The molecule has 4 rings (SSSR count). The Kier molecular flexibility index (Phi) is 7.58. The molecule has 1 aromatic heterocycles. The lowest BCUT2D eigenvalue weighted by atomic mass is 9.95. The first-order valence-corrected chi connectivity index (χ1v) is 12.5. The summed E-state index contributed by atoms with van der Waals surface area (Å²) >= 11 is 0.915. The van der Waals surface area contributed by atoms with E-state index in [4.69, 9.17) is 9.47 Å². The SMILES string of the molecule is CCCCOc1ccc(/C(O)=C2\C(=O)C(=O)N(c3nc(C)c(C(=O)OC)s3)C2c2ccc(O)cc2)cc1. The summed E-state index contributed by atoms with van der Waals surface area (Å²) in [5.41, 5.74) is 1.00. The van der Waals surface area contributed by atoms with Gasteiger partial charge in [-0.3, -0.25) is 14.5 Å². The van der Waals surface area contributed by atoms with Crippen LogP contribution in [0.5, 0.6) is 11.5 Å². The number of amides is 1. The predicted octanol–water partition coefficient (Wildman–Crippen LogP) is 4.75. The molecule has 0 radical (unpaired) electrons. The summed E-state index contributed by atoms with van der Waals surface area (Å²) in [5.74, 6) is -2.15. The van der Waals surface area contributed by atoms with Crippen LogP contribution in [0.1, 0.15) is 52.3 Å². The van der Waals surface area contributed by atoms with Gasteiger partial charge in [0, 0.05) is 5.56 Å². The Balaban J connectivity index is 1.81. The molecule has 1 aliphatic heterocycles. The van der Waals surface area contributed by atoms with Crippen molar-refractivity contribution in [3.05, 3.63) is 75.8 Å². The summed E-state index contributed by atoms with van der Waals surface area (Å²) in [6.07, 6.45) is 1.90. The van der Waals surface area contributed by atoms with Crippen molar-refractivity contribution in [3.8, 4) is 11.5 Å². The van der Waals surface area contributed by atoms with Gasteiger partial charge >= 0.3 is 11.9 Å². The van der Waals surface area contributed by atoms with Gasteiger partial charge in [-0.15, -0.1) is 0 Å². The maximum Gasteiger partial charge on any atom is 0.350 e. The average Bonchev–Trinajstić information content (AvgIpc) is 3.40. The van der Waals surface area contributed by atoms with Crippen LogP contribution in [-0.4, -0.2) is 46.6 Å². The highest BCUT2D eigenvalue weighted by atomic mass is 32.1. The maximum atomic E-state index is 13.3. The lowest BCUT2D eigenvalue weighted by Gasteiger charge is -2.23. The topological polar surface area (TPSA) is 126 Å². The molecule has 1 aliphatic rings. The highest BCUT2D eigenvalue weighted by Crippen LogP contribution is 2.44. The average molecular weight is 523 g/mol. The summed E-state index contributed by atoms with van der Waals surface area (Å²) in [7, 11) is 1.24. The molecular formula is C27H26N2O7S. The Bertz CT molecular complexity index is 1360. The van der Waals surface area contributed by atoms with Crippen LogP contribution in [0.25, 0.3) is 5.76 Å². The summed E-state index contributed by atoms with van der Waals surface area (Å²) < 4.78 is 10.5. The van der Waals surface area contributed by atoms with E-state index in [9.17, 15) is 24.6 Å². The number of Topliss-reactive ketones (excluding diaryl/α,β-unsaturated/α-hetero) is 1. The minimum Gasteiger partial charge on any atom is -0.508 e. The number of phenolic OH excluding ortho intramolecular Hbond substituents is 1. The second kappa shape index (κ2) is 10.8. The number of hydrogen-bond donors (Lipinski definition) is 2. The Morgan fingerprint density at radius 1 is 1.11 bits per heavy atom. The number of phenols is 1. The van der Waals surface area contributed by atoms with Crippen LogP contribution in [0.2, 0.25) is 0 Å². The molecule has 0 saturated carbocycles. The van der Waals surface area contributed by atoms with E-state index in [1.165, 1.54) is 19.2 Å². The molecule has 37 heavy (non-hydrogen) atoms. The number of thiazole rings is 1. The number of unbranched alkanes of at least 4 members (excludes halogenated alkanes) is 1. The van der Waals surface area contributed by atoms with Gasteiger partial charge in [-0.1, -0.05) is 36.8 Å². The molecule has 1 saturated heterocycles. The smallest absolute Gasteiger partial charge is 0.350 e. The molecule has 2 heterocycles. The van der Waals surface area contributed by atoms with Crippen LogP contribution < -0.4 is 9.64 Å². The van der Waals surface area contributed by atoms with Gasteiger partial charge in [0.1, 0.15) is 22.1 Å². The fourth-order valence-electron chi connectivity index (χ4n) is 3.97. The number of rotatable bonds is 8. The zero-order chi connectivity index (χ0) is 26.7. The zero-order valence-electron chi connectivity index (χ0n) is 20.6. The van der Waals surface area contributed by atoms with Crippen molar-refractivity contribution in [3.63, 3.8) is 0 Å². The van der Waals surface area contributed by atoms with Gasteiger partial charge in [-0.25, -0.2) is 9.78 Å². The number of hydrogen-bond acceptors (Lipinski definition) is 9. The number of anilines is 1. The van der Waals surface area contributed by atoms with Gasteiger partial charge in [0.05, 0.1) is 31.0 Å². The lowest BCUT2D eigenvalue weighted by molar-refractivity contribution is -0.132. The second-order valence-corrected chi connectivity index (χ2v) is 9.37. The van der Waals surface area contributed by atoms with Crippen LogP contribution >= 0.6 is 11.3 Å². The second-order valence-electron chi connectivity index (χ2n) is 8.39. The summed E-state index contributed by atoms with van der Waals surface area (Å²) in [6, 6.07) is 11.5. The molecule has 192 valence electrons. The quantitative estimate of drug-likeness (QED) is 0.143. The third kappa shape index (κ3) is 5.05. The summed E-state index contributed by atoms with van der Waals surface area (Å²) in [6.45, 7) is 4.23. The number of esters is 1. The minimum absolute atomic E-state index is 0.00238. The normalized spacial score (nSPS) is 16.7. The highest BCUT2D eigenvalue weighted by molar-refractivity contribution is 7.17. The van der Waals surface area contributed by atoms with Crippen LogP contribution in [-0.2, 0) is 14.3 Å². The minimum atomic E-state index is -1.04. The number of aromatic hydroxyl groups is 1. The molecule has 1 fully saturated rings. The molecule has 10 heteroatoms. The van der Waals surface area contributed by atoms with E-state index in [1.54, 1.807) is 43.3 Å². The van der Waals surface area contributed by atoms with Gasteiger partial charge in [0.25, 0.3) is 5.78 Å². The van der Waals surface area contributed by atoms with Crippen molar-refractivity contribution in [2.75, 3.05) is 18.6 Å². The fourth-order valence-corrected chi connectivity index (χ4v) is 4.98. The number of methoxy groups -OCH3 is 1. The van der Waals surface area contributed by atoms with E-state index in [0.29, 0.717) is 29.2 Å². The maximum absolute atomic E-state index is 13.3. The molecule has 0 aliphatic carbocycles. The Labute approximate surface area is 217 Å². The van der Waals surface area contributed by atoms with Crippen molar-refractivity contribution in [2.24, 2.45) is 0 Å². The molecule has 2 aromatic carbocycles. The van der Waals surface area contributed by atoms with E-state index < -0.39 is 23.7 Å². The van der Waals surface area contributed by atoms with Crippen LogP contribution in [0.3, 0.4) is 0 Å². The van der Waals surface area contributed by atoms with Crippen molar-refractivity contribution < 1.29 is 34.1 Å². The highest BCUT2D eigenvalue weighted by Gasteiger charge is 2.48. The Morgan fingerprint density at radius 3 is 2.41 bits per heavy atom. The fraction of sp³-hybridized carbons (Fsp3) is 0.259. The number of benzene rings is 2. The van der Waals surface area contributed by atoms with Crippen LogP contribution in [0.4, 0.5) is 5.13 Å². The predicted molar refractivity (Wildman–Crippen MR) is 138 cm³/mol. The first kappa shape index (κ1) is 25.9. The number of nitrogens with zero attached hydrogens (tertiary/aromatic N) is 2. The van der Waals surface area contributed by atoms with E-state index in [0.717, 1.165) is 29.1 Å². The third-order valence-corrected chi connectivity index (χ3v) is 7.05. The molecule has 3 aromatic rings. The zero-order valence-corrected chi connectivity index (χ0v) is 21.4. The number of aryl methyl sites for hydroxylation is 1. The molecular weight excluding hydrogens is 496 g/mol. The number of aliphatic hydroxyl groups is 1. The van der Waals surface area contributed by atoms with Gasteiger partial charge < -0.3 is 19.7 Å². The van der Waals surface area contributed by atoms with E-state index in [2.05, 4.69) is 11.9 Å². The molecule has 0 bridgehead atoms. The van der Waals surface area contributed by atoms with Crippen LogP contribution in [0.15, 0.2) is 54.1 Å². The van der Waals surface area contributed by atoms with Crippen molar-refractivity contribution in [1.82, 2.24) is 4.98 Å². The number of carbonyl (C=O) groups excluding carboxylic acids is 3. The molecule has 0 spiro atoms. The molecule has 1 atom stereocenters. The van der Waals surface area contributed by atoms with Crippen LogP contribution in [0, 0.1) is 6.92 Å². The van der Waals surface area contributed by atoms with Gasteiger partial charge in [0.15, 0.2) is 5.13 Å². The summed E-state index contributed by atoms with van der Waals surface area (Å²) in [4.78, 5) is 44.4. The van der Waals surface area contributed by atoms with Gasteiger partial charge in [-0.2, -0.15) is 0 Å². The first-order valence-electron chi connectivity index (χ1n) is 11.7. The standard InChI is InChI=1S/C27H26N2O7S/c1-4-5-14-36-19-12-8-17(9-13-19)22(31)20-21(16-6-10-18(30)11-7-16)29(25(33)23(20)32)27-28-15(2)24(37-27)26(34)35-3/h6-13,21,30-31H,4-5,14H2,1-3H3/b22-20+. The first-order chi connectivity index (χ1) is 17.8. The van der Waals surface area contributed by atoms with Crippen molar-refractivity contribution in [2.45, 2.75) is 32.7 Å². The Hall–Kier alpha value is -4.18. The third-order valence-electron chi connectivity index (χ3n) is 5.91. The number of ether oxygens (including phenoxy) is 2. The van der Waals surface area contributed by atoms with Gasteiger partial charge in [-0.05, 0) is 55.3 Å². The number of aliphatic hydroxyl groups excluding tert-OH is 1. The lowest BCUT2D eigenvalue weighted by Crippen LogP contribution is -2.29. The molecule has 1 amide bonds. The number of ketones is 1. The molecule has 9 nitrogen and oxygen atoms in total.